The molecule has 0 aromatic carbocycles. The first kappa shape index (κ1) is 9.13. The van der Waals surface area contributed by atoms with E-state index in [-0.39, 0.29) is 0 Å². The second-order valence-corrected chi connectivity index (χ2v) is 2.93. The van der Waals surface area contributed by atoms with Crippen LogP contribution in [0.3, 0.4) is 0 Å². The second-order valence-electron chi connectivity index (χ2n) is 2.93. The monoisotopic (exact) mass is 143 g/mol. The summed E-state index contributed by atoms with van der Waals surface area (Å²) in [6, 6.07) is 0.683. The van der Waals surface area contributed by atoms with Gasteiger partial charge in [0.25, 0.3) is 0 Å². The number of hydrogen-bond donors (Lipinski definition) is 1. The quantitative estimate of drug-likeness (QED) is 0.465. The second kappa shape index (κ2) is 5.66. The van der Waals surface area contributed by atoms with E-state index in [0.29, 0.717) is 6.04 Å². The average Bonchev–Trinajstić information content (AvgIpc) is 2.07. The standard InChI is InChI=1S/C9H14N.Li/c1-2-3-6-9-7-4-5-8-10-9;/h2-5,9-10H,1,6-8H2;. The first-order chi connectivity index (χ1) is 5.43. The van der Waals surface area contributed by atoms with E-state index in [2.05, 4.69) is 47.3 Å². The summed E-state index contributed by atoms with van der Waals surface area (Å²) in [4.78, 5) is 0. The zero-order chi connectivity index (χ0) is 7.94. The van der Waals surface area contributed by atoms with Crippen molar-refractivity contribution in [3.8, 4) is 0 Å². The molecule has 0 fully saturated rings. The molecule has 1 aliphatic heterocycles. The molecule has 1 rings (SSSR count). The van der Waals surface area contributed by atoms with Gasteiger partial charge in [-0.2, -0.15) is 0 Å². The van der Waals surface area contributed by atoms with Gasteiger partial charge in [-0.25, -0.2) is 0 Å². The fourth-order valence-electron chi connectivity index (χ4n) is 1.27. The van der Waals surface area contributed by atoms with Crippen molar-refractivity contribution in [2.45, 2.75) is 24.0 Å². The molecule has 1 heterocycles. The molecule has 0 aliphatic carbocycles. The van der Waals surface area contributed by atoms with Gasteiger partial charge in [0.15, 0.2) is 0 Å². The Labute approximate surface area is 78.1 Å². The molecule has 1 nitrogen and oxygen atoms in total. The summed E-state index contributed by atoms with van der Waals surface area (Å²) in [6.07, 6.45) is 11.3. The van der Waals surface area contributed by atoms with Gasteiger partial charge in [0.1, 0.15) is 0 Å². The first-order valence-corrected chi connectivity index (χ1v) is 4.47. The Morgan fingerprint density at radius 1 is 1.45 bits per heavy atom. The number of nitrogens with one attached hydrogen (secondary N) is 1. The van der Waals surface area contributed by atoms with E-state index >= 15 is 0 Å². The maximum absolute atomic E-state index is 3.44. The fourth-order valence-corrected chi connectivity index (χ4v) is 1.27. The van der Waals surface area contributed by atoms with Crippen molar-refractivity contribution in [1.82, 2.24) is 5.32 Å². The Morgan fingerprint density at radius 2 is 2.36 bits per heavy atom. The third kappa shape index (κ3) is 3.81. The molecule has 0 saturated heterocycles. The van der Waals surface area contributed by atoms with Gasteiger partial charge in [-0.05, 0) is 0 Å². The summed E-state index contributed by atoms with van der Waals surface area (Å²) < 4.78 is 0. The predicted octanol–water partition coefficient (Wildman–Crippen LogP) is 1.44. The summed E-state index contributed by atoms with van der Waals surface area (Å²) in [6.45, 7) is 1.05. The molecule has 1 atom stereocenters. The van der Waals surface area contributed by atoms with Gasteiger partial charge in [-0.15, -0.1) is 0 Å². The van der Waals surface area contributed by atoms with Crippen LogP contribution in [0.25, 0.3) is 0 Å². The number of rotatable bonds is 3. The molecule has 1 N–H and O–H groups in total. The van der Waals surface area contributed by atoms with Crippen LogP contribution in [0.1, 0.15) is 12.8 Å². The molecule has 0 saturated carbocycles. The minimum absolute atomic E-state index is 0.683. The van der Waals surface area contributed by atoms with Crippen LogP contribution >= 0.6 is 0 Å². The van der Waals surface area contributed by atoms with E-state index in [1.165, 1.54) is 12.8 Å². The van der Waals surface area contributed by atoms with E-state index < -0.39 is 0 Å². The minimum atomic E-state index is 0.683. The summed E-state index contributed by atoms with van der Waals surface area (Å²) in [5.74, 6) is 0. The Morgan fingerprint density at radius 3 is 3.00 bits per heavy atom. The Kier molecular flexibility index (Phi) is 4.69. The topological polar surface area (TPSA) is 12.0 Å². The van der Waals surface area contributed by atoms with Gasteiger partial charge in [-0.1, -0.05) is 0 Å². The SMILES string of the molecule is [Li][CH2]C=CCC1CC=CCN1. The van der Waals surface area contributed by atoms with Crippen LogP contribution in [-0.4, -0.2) is 30.3 Å². The molecule has 11 heavy (non-hydrogen) atoms. The van der Waals surface area contributed by atoms with Crippen molar-refractivity contribution < 1.29 is 0 Å². The molecule has 0 amide bonds. The number of hydrogen-bond acceptors (Lipinski definition) is 1. The third-order valence-corrected chi connectivity index (χ3v) is 1.93. The van der Waals surface area contributed by atoms with Crippen LogP contribution in [0.4, 0.5) is 0 Å². The molecular weight excluding hydrogens is 129 g/mol. The third-order valence-electron chi connectivity index (χ3n) is 1.93. The van der Waals surface area contributed by atoms with Gasteiger partial charge < -0.3 is 0 Å². The molecule has 2 heteroatoms. The molecule has 0 bridgehead atoms. The molecule has 0 spiro atoms. The zero-order valence-electron chi connectivity index (χ0n) is 7.22. The fraction of sp³-hybridized carbons (Fsp3) is 0.556. The summed E-state index contributed by atoms with van der Waals surface area (Å²) >= 11 is 2.17. The Balaban J connectivity index is 2.16. The Hall–Kier alpha value is 0.0374. The molecule has 0 radical (unpaired) electrons. The van der Waals surface area contributed by atoms with E-state index in [4.69, 9.17) is 0 Å². The van der Waals surface area contributed by atoms with Crippen LogP contribution in [0.2, 0.25) is 5.09 Å². The van der Waals surface area contributed by atoms with Crippen molar-refractivity contribution in [1.29, 1.82) is 0 Å². The van der Waals surface area contributed by atoms with E-state index in [1.807, 2.05) is 0 Å². The summed E-state index contributed by atoms with van der Waals surface area (Å²) in [5, 5.41) is 4.60. The molecule has 1 aliphatic rings. The Bertz CT molecular complexity index is 152. The van der Waals surface area contributed by atoms with Gasteiger partial charge >= 0.3 is 77.9 Å². The van der Waals surface area contributed by atoms with E-state index in [0.717, 1.165) is 11.6 Å². The van der Waals surface area contributed by atoms with E-state index in [9.17, 15) is 0 Å². The van der Waals surface area contributed by atoms with Crippen LogP contribution < -0.4 is 5.32 Å². The van der Waals surface area contributed by atoms with Crippen molar-refractivity contribution in [3.05, 3.63) is 24.3 Å². The maximum atomic E-state index is 3.44. The first-order valence-electron chi connectivity index (χ1n) is 4.47. The van der Waals surface area contributed by atoms with Crippen molar-refractivity contribution in [2.24, 2.45) is 0 Å². The van der Waals surface area contributed by atoms with Crippen molar-refractivity contribution in [2.75, 3.05) is 6.54 Å². The zero-order valence-corrected chi connectivity index (χ0v) is 7.22. The van der Waals surface area contributed by atoms with Crippen LogP contribution in [-0.2, 0) is 0 Å². The number of allylic oxidation sites excluding steroid dienone is 1. The van der Waals surface area contributed by atoms with Crippen LogP contribution in [0, 0.1) is 0 Å². The van der Waals surface area contributed by atoms with Crippen molar-refractivity contribution >= 4 is 17.7 Å². The van der Waals surface area contributed by atoms with Gasteiger partial charge in [0.2, 0.25) is 0 Å². The molecule has 56 valence electrons. The molecular formula is C9H14LiN. The summed E-state index contributed by atoms with van der Waals surface area (Å²) in [7, 11) is 0. The van der Waals surface area contributed by atoms with Crippen LogP contribution in [0.15, 0.2) is 24.3 Å². The molecule has 0 aromatic heterocycles. The van der Waals surface area contributed by atoms with Crippen molar-refractivity contribution in [3.63, 3.8) is 0 Å². The summed E-state index contributed by atoms with van der Waals surface area (Å²) in [5.41, 5.74) is 0. The normalized spacial score (nSPS) is 24.7. The van der Waals surface area contributed by atoms with Gasteiger partial charge in [0.05, 0.1) is 0 Å². The van der Waals surface area contributed by atoms with E-state index in [1.54, 1.807) is 0 Å². The van der Waals surface area contributed by atoms with Gasteiger partial charge in [-0.3, -0.25) is 0 Å². The molecule has 1 unspecified atom stereocenters. The van der Waals surface area contributed by atoms with Crippen LogP contribution in [0.5, 0.6) is 0 Å². The molecule has 0 aromatic rings. The van der Waals surface area contributed by atoms with Gasteiger partial charge in [0, 0.05) is 0 Å². The predicted molar refractivity (Wildman–Crippen MR) is 49.9 cm³/mol. The average molecular weight is 143 g/mol.